The summed E-state index contributed by atoms with van der Waals surface area (Å²) in [5.41, 5.74) is 0.406. The lowest BCUT2D eigenvalue weighted by Crippen LogP contribution is -2.47. The molecule has 1 saturated heterocycles. The number of carbonyl (C=O) groups is 2. The highest BCUT2D eigenvalue weighted by Crippen LogP contribution is 2.24. The molecule has 1 amide bonds. The number of aromatic amines is 1. The molecule has 2 N–H and O–H groups in total. The van der Waals surface area contributed by atoms with Gasteiger partial charge in [-0.15, -0.1) is 0 Å². The van der Waals surface area contributed by atoms with Gasteiger partial charge < -0.3 is 15.0 Å². The fourth-order valence-electron chi connectivity index (χ4n) is 2.59. The van der Waals surface area contributed by atoms with Gasteiger partial charge in [-0.2, -0.15) is 0 Å². The van der Waals surface area contributed by atoms with Crippen LogP contribution in [-0.2, 0) is 4.79 Å². The second-order valence-electron chi connectivity index (χ2n) is 5.29. The number of aliphatic carboxylic acids is 1. The van der Waals surface area contributed by atoms with E-state index in [2.05, 4.69) is 4.98 Å². The zero-order valence-corrected chi connectivity index (χ0v) is 11.5. The molecule has 108 valence electrons. The van der Waals surface area contributed by atoms with Crippen LogP contribution in [0.3, 0.4) is 0 Å². The second-order valence-corrected chi connectivity index (χ2v) is 5.29. The Bertz CT molecular complexity index is 593. The molecule has 0 aliphatic carbocycles. The fraction of sp³-hybridized carbons (Fsp3) is 0.500. The van der Waals surface area contributed by atoms with Gasteiger partial charge in [0.1, 0.15) is 5.56 Å². The third-order valence-electron chi connectivity index (χ3n) is 3.77. The predicted octanol–water partition coefficient (Wildman–Crippen LogP) is 1.01. The van der Waals surface area contributed by atoms with Crippen molar-refractivity contribution in [1.29, 1.82) is 0 Å². The number of nitrogens with one attached hydrogen (secondary N) is 1. The normalized spacial score (nSPS) is 22.6. The maximum absolute atomic E-state index is 12.4. The van der Waals surface area contributed by atoms with E-state index < -0.39 is 17.4 Å². The van der Waals surface area contributed by atoms with Gasteiger partial charge >= 0.3 is 5.97 Å². The zero-order chi connectivity index (χ0) is 14.9. The monoisotopic (exact) mass is 278 g/mol. The van der Waals surface area contributed by atoms with Crippen molar-refractivity contribution in [3.05, 3.63) is 33.7 Å². The van der Waals surface area contributed by atoms with Gasteiger partial charge in [0, 0.05) is 18.3 Å². The highest BCUT2D eigenvalue weighted by molar-refractivity contribution is 5.94. The molecule has 0 radical (unpaired) electrons. The molecule has 6 nitrogen and oxygen atoms in total. The van der Waals surface area contributed by atoms with Gasteiger partial charge in [0.25, 0.3) is 11.5 Å². The van der Waals surface area contributed by atoms with Gasteiger partial charge in [-0.3, -0.25) is 14.4 Å². The van der Waals surface area contributed by atoms with Crippen LogP contribution < -0.4 is 5.56 Å². The second kappa shape index (κ2) is 5.48. The minimum absolute atomic E-state index is 0.108. The van der Waals surface area contributed by atoms with Crippen LogP contribution in [0.25, 0.3) is 0 Å². The number of rotatable bonds is 2. The summed E-state index contributed by atoms with van der Waals surface area (Å²) >= 11 is 0. The fourth-order valence-corrected chi connectivity index (χ4v) is 2.59. The average Bonchev–Trinajstić information content (AvgIpc) is 2.37. The Morgan fingerprint density at radius 1 is 1.40 bits per heavy atom. The molecule has 2 atom stereocenters. The van der Waals surface area contributed by atoms with Gasteiger partial charge in [-0.1, -0.05) is 0 Å². The number of piperidine rings is 1. The van der Waals surface area contributed by atoms with Crippen molar-refractivity contribution in [2.45, 2.75) is 32.7 Å². The Morgan fingerprint density at radius 2 is 2.10 bits per heavy atom. The van der Waals surface area contributed by atoms with Gasteiger partial charge in [-0.05, 0) is 38.8 Å². The molecule has 0 saturated carbocycles. The number of aromatic nitrogens is 1. The molecule has 0 bridgehead atoms. The summed E-state index contributed by atoms with van der Waals surface area (Å²) in [6.45, 7) is 3.93. The molecule has 1 aromatic heterocycles. The number of aryl methyl sites for hydroxylation is 1. The maximum Gasteiger partial charge on any atom is 0.306 e. The van der Waals surface area contributed by atoms with E-state index in [0.29, 0.717) is 25.1 Å². The number of likely N-dealkylation sites (tertiary alicyclic amines) is 1. The lowest BCUT2D eigenvalue weighted by atomic mass is 9.91. The number of carboxylic acids is 1. The molecule has 1 aromatic rings. The van der Waals surface area contributed by atoms with Crippen LogP contribution in [0.4, 0.5) is 0 Å². The lowest BCUT2D eigenvalue weighted by Gasteiger charge is -2.36. The molecule has 1 aliphatic heterocycles. The summed E-state index contributed by atoms with van der Waals surface area (Å²) in [6, 6.07) is 3.02. The number of H-pyrrole nitrogens is 1. The van der Waals surface area contributed by atoms with Crippen LogP contribution in [0.2, 0.25) is 0 Å². The topological polar surface area (TPSA) is 90.5 Å². The van der Waals surface area contributed by atoms with E-state index in [1.807, 2.05) is 6.92 Å². The van der Waals surface area contributed by atoms with E-state index in [9.17, 15) is 14.4 Å². The van der Waals surface area contributed by atoms with E-state index in [-0.39, 0.29) is 17.5 Å². The Kier molecular flexibility index (Phi) is 3.92. The molecule has 1 aliphatic rings. The molecule has 0 aromatic carbocycles. The summed E-state index contributed by atoms with van der Waals surface area (Å²) in [6.07, 6.45) is 0.847. The summed E-state index contributed by atoms with van der Waals surface area (Å²) in [4.78, 5) is 39.3. The van der Waals surface area contributed by atoms with E-state index in [1.54, 1.807) is 17.9 Å². The van der Waals surface area contributed by atoms with Crippen molar-refractivity contribution in [3.8, 4) is 0 Å². The molecule has 6 heteroatoms. The average molecular weight is 278 g/mol. The summed E-state index contributed by atoms with van der Waals surface area (Å²) in [7, 11) is 0. The number of carboxylic acid groups (broad SMARTS) is 1. The SMILES string of the molecule is Cc1ccc(C(=O)N2CCC(C(=O)O)CC2C)c(=O)[nH]1. The van der Waals surface area contributed by atoms with Crippen molar-refractivity contribution in [1.82, 2.24) is 9.88 Å². The number of pyridine rings is 1. The molecule has 2 rings (SSSR count). The first-order chi connectivity index (χ1) is 9.40. The largest absolute Gasteiger partial charge is 0.481 e. The number of carbonyl (C=O) groups excluding carboxylic acids is 1. The smallest absolute Gasteiger partial charge is 0.306 e. The molecule has 20 heavy (non-hydrogen) atoms. The number of hydrogen-bond donors (Lipinski definition) is 2. The van der Waals surface area contributed by atoms with Gasteiger partial charge in [0.05, 0.1) is 5.92 Å². The third-order valence-corrected chi connectivity index (χ3v) is 3.77. The first kappa shape index (κ1) is 14.3. The van der Waals surface area contributed by atoms with Crippen molar-refractivity contribution in [2.24, 2.45) is 5.92 Å². The molecule has 0 spiro atoms. The Hall–Kier alpha value is -2.11. The van der Waals surface area contributed by atoms with Gasteiger partial charge in [0.2, 0.25) is 0 Å². The number of hydrogen-bond acceptors (Lipinski definition) is 3. The first-order valence-corrected chi connectivity index (χ1v) is 6.64. The van der Waals surface area contributed by atoms with Crippen LogP contribution in [0.5, 0.6) is 0 Å². The van der Waals surface area contributed by atoms with Crippen LogP contribution >= 0.6 is 0 Å². The van der Waals surface area contributed by atoms with Crippen LogP contribution in [0, 0.1) is 12.8 Å². The van der Waals surface area contributed by atoms with Crippen molar-refractivity contribution in [2.75, 3.05) is 6.54 Å². The van der Waals surface area contributed by atoms with Crippen molar-refractivity contribution in [3.63, 3.8) is 0 Å². The maximum atomic E-state index is 12.4. The Morgan fingerprint density at radius 3 is 2.65 bits per heavy atom. The van der Waals surface area contributed by atoms with E-state index >= 15 is 0 Å². The van der Waals surface area contributed by atoms with E-state index in [1.165, 1.54) is 6.07 Å². The highest BCUT2D eigenvalue weighted by atomic mass is 16.4. The van der Waals surface area contributed by atoms with Crippen LogP contribution in [0.1, 0.15) is 35.8 Å². The summed E-state index contributed by atoms with van der Waals surface area (Å²) in [5, 5.41) is 9.01. The van der Waals surface area contributed by atoms with Gasteiger partial charge in [0.15, 0.2) is 0 Å². The number of amides is 1. The summed E-state index contributed by atoms with van der Waals surface area (Å²) < 4.78 is 0. The predicted molar refractivity (Wildman–Crippen MR) is 72.7 cm³/mol. The lowest BCUT2D eigenvalue weighted by molar-refractivity contribution is -0.143. The number of nitrogens with zero attached hydrogens (tertiary/aromatic N) is 1. The Balaban J connectivity index is 2.18. The molecule has 2 heterocycles. The minimum atomic E-state index is -0.822. The molecule has 1 fully saturated rings. The highest BCUT2D eigenvalue weighted by Gasteiger charge is 2.33. The molecular weight excluding hydrogens is 260 g/mol. The van der Waals surface area contributed by atoms with E-state index in [4.69, 9.17) is 5.11 Å². The van der Waals surface area contributed by atoms with Crippen molar-refractivity contribution >= 4 is 11.9 Å². The van der Waals surface area contributed by atoms with Crippen LogP contribution in [-0.4, -0.2) is 39.5 Å². The Labute approximate surface area is 116 Å². The van der Waals surface area contributed by atoms with E-state index in [0.717, 1.165) is 0 Å². The minimum Gasteiger partial charge on any atom is -0.481 e. The standard InChI is InChI=1S/C14H18N2O4/c1-8-3-4-11(12(17)15-8)13(18)16-6-5-10(14(19)20)7-9(16)2/h3-4,9-10H,5-7H2,1-2H3,(H,15,17)(H,19,20). The third kappa shape index (κ3) is 2.74. The zero-order valence-electron chi connectivity index (χ0n) is 11.5. The quantitative estimate of drug-likeness (QED) is 0.844. The van der Waals surface area contributed by atoms with Gasteiger partial charge in [-0.25, -0.2) is 0 Å². The summed E-state index contributed by atoms with van der Waals surface area (Å²) in [5.74, 6) is -1.56. The van der Waals surface area contributed by atoms with Crippen LogP contribution in [0.15, 0.2) is 16.9 Å². The van der Waals surface area contributed by atoms with Crippen molar-refractivity contribution < 1.29 is 14.7 Å². The molecule has 2 unspecified atom stereocenters. The molecular formula is C14H18N2O4. The first-order valence-electron chi connectivity index (χ1n) is 6.64.